The van der Waals surface area contributed by atoms with Gasteiger partial charge in [-0.05, 0) is 12.1 Å². The molecule has 0 bridgehead atoms. The van der Waals surface area contributed by atoms with Crippen LogP contribution in [0.3, 0.4) is 0 Å². The van der Waals surface area contributed by atoms with Crippen LogP contribution in [0.2, 0.25) is 0 Å². The van der Waals surface area contributed by atoms with Gasteiger partial charge in [0.1, 0.15) is 15.6 Å². The molecule has 23 heavy (non-hydrogen) atoms. The van der Waals surface area contributed by atoms with E-state index in [9.17, 15) is 13.5 Å². The molecule has 1 aromatic carbocycles. The molecule has 1 saturated heterocycles. The summed E-state index contributed by atoms with van der Waals surface area (Å²) in [5, 5.41) is 13.0. The number of piperazine rings is 1. The van der Waals surface area contributed by atoms with E-state index in [4.69, 9.17) is 0 Å². The van der Waals surface area contributed by atoms with Crippen molar-refractivity contribution in [2.75, 3.05) is 56.7 Å². The van der Waals surface area contributed by atoms with E-state index in [0.717, 1.165) is 31.9 Å². The Kier molecular flexibility index (Phi) is 5.70. The Morgan fingerprint density at radius 2 is 1.91 bits per heavy atom. The number of para-hydroxylation sites is 2. The Labute approximate surface area is 137 Å². The molecule has 7 nitrogen and oxygen atoms in total. The molecule has 2 N–H and O–H groups in total. The number of guanidine groups is 1. The molecule has 8 heteroatoms. The average molecular weight is 340 g/mol. The Balaban J connectivity index is 1.89. The monoisotopic (exact) mass is 340 g/mol. The minimum Gasteiger partial charge on any atom is -0.506 e. The number of aromatic hydroxyl groups is 1. The zero-order valence-corrected chi connectivity index (χ0v) is 14.4. The number of hydrogen-bond acceptors (Lipinski definition) is 5. The van der Waals surface area contributed by atoms with Crippen molar-refractivity contribution in [2.45, 2.75) is 0 Å². The SMILES string of the molecule is CN=C(NCCS(C)(=O)=O)N1CCN(c2ccccc2O)CC1. The number of rotatable bonds is 4. The van der Waals surface area contributed by atoms with Crippen molar-refractivity contribution < 1.29 is 13.5 Å². The fourth-order valence-electron chi connectivity index (χ4n) is 2.57. The summed E-state index contributed by atoms with van der Waals surface area (Å²) in [6, 6.07) is 7.31. The van der Waals surface area contributed by atoms with Gasteiger partial charge in [-0.3, -0.25) is 4.99 Å². The third-order valence-corrected chi connectivity index (χ3v) is 4.72. The highest BCUT2D eigenvalue weighted by atomic mass is 32.2. The number of sulfone groups is 1. The van der Waals surface area contributed by atoms with Gasteiger partial charge in [-0.2, -0.15) is 0 Å². The van der Waals surface area contributed by atoms with Crippen LogP contribution in [0.25, 0.3) is 0 Å². The molecule has 0 unspecified atom stereocenters. The van der Waals surface area contributed by atoms with E-state index < -0.39 is 9.84 Å². The minimum atomic E-state index is -2.98. The average Bonchev–Trinajstić information content (AvgIpc) is 2.51. The molecule has 1 aliphatic heterocycles. The lowest BCUT2D eigenvalue weighted by Crippen LogP contribution is -2.53. The maximum absolute atomic E-state index is 11.2. The predicted molar refractivity (Wildman–Crippen MR) is 93.0 cm³/mol. The standard InChI is InChI=1S/C15H24N4O3S/c1-16-15(17-7-12-23(2,21)22)19-10-8-18(9-11-19)13-5-3-4-6-14(13)20/h3-6,20H,7-12H2,1-2H3,(H,16,17). The second-order valence-corrected chi connectivity index (χ2v) is 7.83. The molecular weight excluding hydrogens is 316 g/mol. The quantitative estimate of drug-likeness (QED) is 0.599. The number of anilines is 1. The zero-order chi connectivity index (χ0) is 16.9. The second kappa shape index (κ2) is 7.54. The Bertz CT molecular complexity index is 652. The molecule has 0 amide bonds. The van der Waals surface area contributed by atoms with E-state index in [2.05, 4.69) is 20.1 Å². The summed E-state index contributed by atoms with van der Waals surface area (Å²) in [5.74, 6) is 1.09. The van der Waals surface area contributed by atoms with Gasteiger partial charge in [0.15, 0.2) is 5.96 Å². The summed E-state index contributed by atoms with van der Waals surface area (Å²) in [5.41, 5.74) is 0.840. The lowest BCUT2D eigenvalue weighted by atomic mass is 10.2. The van der Waals surface area contributed by atoms with Gasteiger partial charge in [0.25, 0.3) is 0 Å². The molecule has 1 aromatic rings. The van der Waals surface area contributed by atoms with Crippen LogP contribution < -0.4 is 10.2 Å². The number of aliphatic imine (C=N–C) groups is 1. The number of nitrogens with zero attached hydrogens (tertiary/aromatic N) is 3. The van der Waals surface area contributed by atoms with Crippen LogP contribution in [0.15, 0.2) is 29.3 Å². The number of benzene rings is 1. The summed E-state index contributed by atoms with van der Waals surface area (Å²) in [7, 11) is -1.29. The van der Waals surface area contributed by atoms with E-state index in [1.807, 2.05) is 18.2 Å². The summed E-state index contributed by atoms with van der Waals surface area (Å²) >= 11 is 0. The fourth-order valence-corrected chi connectivity index (χ4v) is 3.04. The number of nitrogens with one attached hydrogen (secondary N) is 1. The summed E-state index contributed by atoms with van der Waals surface area (Å²) in [4.78, 5) is 8.45. The van der Waals surface area contributed by atoms with E-state index in [0.29, 0.717) is 12.5 Å². The molecule has 0 atom stereocenters. The number of hydrogen-bond donors (Lipinski definition) is 2. The molecular formula is C15H24N4O3S. The topological polar surface area (TPSA) is 85.2 Å². The van der Waals surface area contributed by atoms with Crippen LogP contribution in [0.4, 0.5) is 5.69 Å². The largest absolute Gasteiger partial charge is 0.506 e. The van der Waals surface area contributed by atoms with Gasteiger partial charge in [0, 0.05) is 46.0 Å². The summed E-state index contributed by atoms with van der Waals surface area (Å²) in [6.07, 6.45) is 1.22. The predicted octanol–water partition coefficient (Wildman–Crippen LogP) is 0.134. The first-order chi connectivity index (χ1) is 10.9. The van der Waals surface area contributed by atoms with Crippen LogP contribution in [-0.2, 0) is 9.84 Å². The highest BCUT2D eigenvalue weighted by Gasteiger charge is 2.21. The van der Waals surface area contributed by atoms with Crippen LogP contribution in [0.1, 0.15) is 0 Å². The molecule has 2 rings (SSSR count). The Hall–Kier alpha value is -1.96. The Morgan fingerprint density at radius 1 is 1.26 bits per heavy atom. The maximum Gasteiger partial charge on any atom is 0.193 e. The van der Waals surface area contributed by atoms with Crippen LogP contribution in [0.5, 0.6) is 5.75 Å². The van der Waals surface area contributed by atoms with Crippen molar-refractivity contribution in [2.24, 2.45) is 4.99 Å². The molecule has 0 aliphatic carbocycles. The molecule has 0 aromatic heterocycles. The summed E-state index contributed by atoms with van der Waals surface area (Å²) in [6.45, 7) is 3.40. The second-order valence-electron chi connectivity index (χ2n) is 5.57. The van der Waals surface area contributed by atoms with E-state index in [1.54, 1.807) is 13.1 Å². The van der Waals surface area contributed by atoms with Gasteiger partial charge in [0.05, 0.1) is 11.4 Å². The van der Waals surface area contributed by atoms with Crippen molar-refractivity contribution in [3.05, 3.63) is 24.3 Å². The highest BCUT2D eigenvalue weighted by Crippen LogP contribution is 2.27. The number of phenolic OH excluding ortho intramolecular Hbond substituents is 1. The molecule has 0 saturated carbocycles. The first-order valence-corrected chi connectivity index (χ1v) is 9.63. The van der Waals surface area contributed by atoms with Crippen LogP contribution in [-0.4, -0.2) is 76.2 Å². The van der Waals surface area contributed by atoms with Crippen molar-refractivity contribution in [1.29, 1.82) is 0 Å². The molecule has 0 radical (unpaired) electrons. The smallest absolute Gasteiger partial charge is 0.193 e. The lowest BCUT2D eigenvalue weighted by Gasteiger charge is -2.37. The van der Waals surface area contributed by atoms with Gasteiger partial charge in [-0.25, -0.2) is 8.42 Å². The molecule has 1 heterocycles. The first kappa shape index (κ1) is 17.4. The maximum atomic E-state index is 11.2. The normalized spacial score (nSPS) is 16.5. The van der Waals surface area contributed by atoms with Gasteiger partial charge < -0.3 is 20.2 Å². The third-order valence-electron chi connectivity index (χ3n) is 3.77. The van der Waals surface area contributed by atoms with Crippen LogP contribution >= 0.6 is 0 Å². The Morgan fingerprint density at radius 3 is 2.48 bits per heavy atom. The van der Waals surface area contributed by atoms with Crippen LogP contribution in [0, 0.1) is 0 Å². The van der Waals surface area contributed by atoms with E-state index in [1.165, 1.54) is 6.26 Å². The fraction of sp³-hybridized carbons (Fsp3) is 0.533. The van der Waals surface area contributed by atoms with Gasteiger partial charge >= 0.3 is 0 Å². The first-order valence-electron chi connectivity index (χ1n) is 7.57. The van der Waals surface area contributed by atoms with E-state index >= 15 is 0 Å². The van der Waals surface area contributed by atoms with Crippen molar-refractivity contribution in [3.63, 3.8) is 0 Å². The zero-order valence-electron chi connectivity index (χ0n) is 13.6. The van der Waals surface area contributed by atoms with Gasteiger partial charge in [0.2, 0.25) is 0 Å². The van der Waals surface area contributed by atoms with Gasteiger partial charge in [-0.15, -0.1) is 0 Å². The lowest BCUT2D eigenvalue weighted by molar-refractivity contribution is 0.371. The number of phenols is 1. The molecule has 1 aliphatic rings. The third kappa shape index (κ3) is 5.02. The van der Waals surface area contributed by atoms with E-state index in [-0.39, 0.29) is 11.5 Å². The minimum absolute atomic E-state index is 0.0872. The summed E-state index contributed by atoms with van der Waals surface area (Å²) < 4.78 is 22.4. The molecule has 0 spiro atoms. The molecule has 1 fully saturated rings. The van der Waals surface area contributed by atoms with Crippen molar-refractivity contribution >= 4 is 21.5 Å². The van der Waals surface area contributed by atoms with Gasteiger partial charge in [-0.1, -0.05) is 12.1 Å². The van der Waals surface area contributed by atoms with Crippen molar-refractivity contribution in [1.82, 2.24) is 10.2 Å². The molecule has 128 valence electrons. The highest BCUT2D eigenvalue weighted by molar-refractivity contribution is 7.90. The van der Waals surface area contributed by atoms with Crippen molar-refractivity contribution in [3.8, 4) is 5.75 Å².